The van der Waals surface area contributed by atoms with Crippen LogP contribution in [0.25, 0.3) is 0 Å². The lowest BCUT2D eigenvalue weighted by Gasteiger charge is -2.09. The molecule has 88 valence electrons. The second-order valence-electron chi connectivity index (χ2n) is 4.51. The lowest BCUT2D eigenvalue weighted by atomic mass is 10.0. The van der Waals surface area contributed by atoms with Crippen molar-refractivity contribution in [1.29, 1.82) is 0 Å². The Labute approximate surface area is 97.8 Å². The Morgan fingerprint density at radius 1 is 1.12 bits per heavy atom. The molecule has 0 unspecified atom stereocenters. The van der Waals surface area contributed by atoms with Crippen molar-refractivity contribution < 1.29 is 0 Å². The van der Waals surface area contributed by atoms with Crippen LogP contribution >= 0.6 is 0 Å². The minimum Gasteiger partial charge on any atom is -0.370 e. The molecule has 0 saturated carbocycles. The number of hydrogen-bond donors (Lipinski definition) is 2. The van der Waals surface area contributed by atoms with Gasteiger partial charge in [-0.2, -0.15) is 0 Å². The van der Waals surface area contributed by atoms with Gasteiger partial charge in [0.1, 0.15) is 0 Å². The van der Waals surface area contributed by atoms with Crippen molar-refractivity contribution in [3.05, 3.63) is 29.8 Å². The van der Waals surface area contributed by atoms with Gasteiger partial charge in [-0.25, -0.2) is 0 Å². The number of benzene rings is 1. The van der Waals surface area contributed by atoms with Gasteiger partial charge in [-0.1, -0.05) is 26.0 Å². The summed E-state index contributed by atoms with van der Waals surface area (Å²) in [5.41, 5.74) is 8.05. The molecule has 0 aromatic heterocycles. The largest absolute Gasteiger partial charge is 0.370 e. The molecule has 0 atom stereocenters. The van der Waals surface area contributed by atoms with E-state index in [2.05, 4.69) is 36.3 Å². The molecule has 0 heterocycles. The number of nitrogens with two attached hydrogens (primary N) is 1. The van der Waals surface area contributed by atoms with E-state index in [0.29, 0.717) is 11.9 Å². The van der Waals surface area contributed by atoms with Gasteiger partial charge in [-0.05, 0) is 37.5 Å². The highest BCUT2D eigenvalue weighted by molar-refractivity contribution is 5.92. The second-order valence-corrected chi connectivity index (χ2v) is 4.51. The molecule has 1 aromatic rings. The smallest absolute Gasteiger partial charge is 0.193 e. The van der Waals surface area contributed by atoms with Crippen molar-refractivity contribution in [3.63, 3.8) is 0 Å². The second kappa shape index (κ2) is 5.54. The highest BCUT2D eigenvalue weighted by atomic mass is 15.1. The van der Waals surface area contributed by atoms with E-state index in [4.69, 9.17) is 5.73 Å². The van der Waals surface area contributed by atoms with E-state index in [1.165, 1.54) is 5.56 Å². The summed E-state index contributed by atoms with van der Waals surface area (Å²) in [5, 5.41) is 3.07. The fraction of sp³-hybridized carbons (Fsp3) is 0.462. The van der Waals surface area contributed by atoms with E-state index in [9.17, 15) is 0 Å². The fourth-order valence-electron chi connectivity index (χ4n) is 1.41. The molecule has 16 heavy (non-hydrogen) atoms. The molecular formula is C13H21N3. The number of aliphatic imine (C=N–C) groups is 1. The van der Waals surface area contributed by atoms with Crippen molar-refractivity contribution in [3.8, 4) is 0 Å². The third-order valence-corrected chi connectivity index (χ3v) is 2.25. The maximum absolute atomic E-state index is 5.74. The third kappa shape index (κ3) is 3.93. The molecule has 3 N–H and O–H groups in total. The maximum Gasteiger partial charge on any atom is 0.193 e. The van der Waals surface area contributed by atoms with Crippen molar-refractivity contribution >= 4 is 11.6 Å². The molecule has 0 aliphatic rings. The van der Waals surface area contributed by atoms with Gasteiger partial charge in [0, 0.05) is 11.7 Å². The first-order valence-corrected chi connectivity index (χ1v) is 5.69. The van der Waals surface area contributed by atoms with E-state index >= 15 is 0 Å². The molecule has 1 aromatic carbocycles. The van der Waals surface area contributed by atoms with Crippen molar-refractivity contribution in [1.82, 2.24) is 0 Å². The Bertz CT molecular complexity index is 350. The van der Waals surface area contributed by atoms with Gasteiger partial charge in [0.2, 0.25) is 0 Å². The van der Waals surface area contributed by atoms with Gasteiger partial charge in [0.15, 0.2) is 5.96 Å². The fourth-order valence-corrected chi connectivity index (χ4v) is 1.41. The number of rotatable bonds is 3. The predicted molar refractivity (Wildman–Crippen MR) is 70.9 cm³/mol. The van der Waals surface area contributed by atoms with Crippen LogP contribution in [0.15, 0.2) is 29.3 Å². The number of nitrogens with one attached hydrogen (secondary N) is 1. The van der Waals surface area contributed by atoms with Crippen molar-refractivity contribution in [2.45, 2.75) is 39.7 Å². The zero-order valence-electron chi connectivity index (χ0n) is 10.5. The van der Waals surface area contributed by atoms with Gasteiger partial charge in [0.05, 0.1) is 0 Å². The Morgan fingerprint density at radius 2 is 1.69 bits per heavy atom. The molecule has 0 fully saturated rings. The first kappa shape index (κ1) is 12.6. The summed E-state index contributed by atoms with van der Waals surface area (Å²) < 4.78 is 0. The molecule has 0 aliphatic heterocycles. The zero-order chi connectivity index (χ0) is 12.1. The van der Waals surface area contributed by atoms with Crippen LogP contribution in [0.1, 0.15) is 39.2 Å². The molecule has 3 nitrogen and oxygen atoms in total. The normalized spacial score (nSPS) is 12.2. The van der Waals surface area contributed by atoms with E-state index in [0.717, 1.165) is 5.69 Å². The summed E-state index contributed by atoms with van der Waals surface area (Å²) in [7, 11) is 0. The van der Waals surface area contributed by atoms with Crippen molar-refractivity contribution in [2.24, 2.45) is 10.7 Å². The van der Waals surface area contributed by atoms with Gasteiger partial charge in [-0.3, -0.25) is 4.99 Å². The third-order valence-electron chi connectivity index (χ3n) is 2.25. The first-order valence-electron chi connectivity index (χ1n) is 5.69. The first-order chi connectivity index (χ1) is 7.49. The molecule has 0 radical (unpaired) electrons. The molecule has 0 saturated heterocycles. The lowest BCUT2D eigenvalue weighted by Crippen LogP contribution is -2.23. The SMILES string of the molecule is CC(C)N=C(N)Nc1ccc(C(C)C)cc1. The molecule has 0 spiro atoms. The minimum atomic E-state index is 0.211. The van der Waals surface area contributed by atoms with Crippen LogP contribution in [0.3, 0.4) is 0 Å². The maximum atomic E-state index is 5.74. The number of nitrogens with zero attached hydrogens (tertiary/aromatic N) is 1. The van der Waals surface area contributed by atoms with Crippen LogP contribution in [-0.2, 0) is 0 Å². The van der Waals surface area contributed by atoms with Crippen LogP contribution in [0.5, 0.6) is 0 Å². The van der Waals surface area contributed by atoms with Crippen LogP contribution in [0.4, 0.5) is 5.69 Å². The summed E-state index contributed by atoms with van der Waals surface area (Å²) >= 11 is 0. The van der Waals surface area contributed by atoms with Gasteiger partial charge in [-0.15, -0.1) is 0 Å². The standard InChI is InChI=1S/C13H21N3/c1-9(2)11-5-7-12(8-6-11)16-13(14)15-10(3)4/h5-10H,1-4H3,(H3,14,15,16). The summed E-state index contributed by atoms with van der Waals surface area (Å²) in [4.78, 5) is 4.21. The number of hydrogen-bond acceptors (Lipinski definition) is 1. The molecule has 0 aliphatic carbocycles. The van der Waals surface area contributed by atoms with Crippen molar-refractivity contribution in [2.75, 3.05) is 5.32 Å². The topological polar surface area (TPSA) is 50.4 Å². The molecule has 0 amide bonds. The van der Waals surface area contributed by atoms with Gasteiger partial charge >= 0.3 is 0 Å². The van der Waals surface area contributed by atoms with Crippen LogP contribution < -0.4 is 11.1 Å². The number of anilines is 1. The van der Waals surface area contributed by atoms with E-state index in [-0.39, 0.29) is 6.04 Å². The average Bonchev–Trinajstić information content (AvgIpc) is 2.16. The highest BCUT2D eigenvalue weighted by Crippen LogP contribution is 2.16. The summed E-state index contributed by atoms with van der Waals surface area (Å²) in [6.45, 7) is 8.35. The summed E-state index contributed by atoms with van der Waals surface area (Å²) in [5.74, 6) is 1.02. The predicted octanol–water partition coefficient (Wildman–Crippen LogP) is 2.95. The molecule has 0 bridgehead atoms. The van der Waals surface area contributed by atoms with Crippen LogP contribution in [0, 0.1) is 0 Å². The lowest BCUT2D eigenvalue weighted by molar-refractivity contribution is 0.833. The van der Waals surface area contributed by atoms with Gasteiger partial charge < -0.3 is 11.1 Å². The summed E-state index contributed by atoms with van der Waals surface area (Å²) in [6.07, 6.45) is 0. The van der Waals surface area contributed by atoms with Crippen LogP contribution in [0.2, 0.25) is 0 Å². The Hall–Kier alpha value is -1.51. The minimum absolute atomic E-state index is 0.211. The Morgan fingerprint density at radius 3 is 2.12 bits per heavy atom. The molecule has 3 heteroatoms. The van der Waals surface area contributed by atoms with Gasteiger partial charge in [0.25, 0.3) is 0 Å². The molecule has 1 rings (SSSR count). The van der Waals surface area contributed by atoms with E-state index in [1.807, 2.05) is 26.0 Å². The average molecular weight is 219 g/mol. The monoisotopic (exact) mass is 219 g/mol. The van der Waals surface area contributed by atoms with Crippen LogP contribution in [-0.4, -0.2) is 12.0 Å². The van der Waals surface area contributed by atoms with E-state index in [1.54, 1.807) is 0 Å². The quantitative estimate of drug-likeness (QED) is 0.606. The summed E-state index contributed by atoms with van der Waals surface area (Å²) in [6, 6.07) is 8.48. The Kier molecular flexibility index (Phi) is 4.35. The molecular weight excluding hydrogens is 198 g/mol. The highest BCUT2D eigenvalue weighted by Gasteiger charge is 1.99. The number of guanidine groups is 1. The van der Waals surface area contributed by atoms with E-state index < -0.39 is 0 Å². The zero-order valence-corrected chi connectivity index (χ0v) is 10.5. The Balaban J connectivity index is 2.69.